The summed E-state index contributed by atoms with van der Waals surface area (Å²) in [7, 11) is 3.22. The lowest BCUT2D eigenvalue weighted by atomic mass is 10.3. The van der Waals surface area contributed by atoms with Crippen molar-refractivity contribution in [3.63, 3.8) is 0 Å². The minimum Gasteiger partial charge on any atom is -0.493 e. The molecule has 6 nitrogen and oxygen atoms in total. The Labute approximate surface area is 158 Å². The number of aromatic nitrogens is 2. The van der Waals surface area contributed by atoms with Gasteiger partial charge in [-0.25, -0.2) is 4.98 Å². The van der Waals surface area contributed by atoms with Crippen molar-refractivity contribution in [2.45, 2.75) is 13.0 Å². The molecule has 3 aromatic rings. The molecule has 7 heteroatoms. The maximum absolute atomic E-state index is 5.35. The standard InChI is InChI=1S/C19H22N4O2S/c1-24-17-9-8-14(12-18(17)25-2)22-19(26)20-10-5-11-23-13-21-15-6-3-4-7-16(15)23/h3-4,6-9,12-13H,5,10-11H2,1-2H3,(H2,20,22,26). The van der Waals surface area contributed by atoms with Crippen LogP contribution in [0.4, 0.5) is 5.69 Å². The molecule has 0 saturated carbocycles. The summed E-state index contributed by atoms with van der Waals surface area (Å²) in [5.74, 6) is 1.34. The van der Waals surface area contributed by atoms with E-state index >= 15 is 0 Å². The van der Waals surface area contributed by atoms with Crippen LogP contribution in [-0.4, -0.2) is 35.4 Å². The molecule has 0 aliphatic heterocycles. The Hall–Kier alpha value is -2.80. The summed E-state index contributed by atoms with van der Waals surface area (Å²) < 4.78 is 12.7. The van der Waals surface area contributed by atoms with Crippen molar-refractivity contribution < 1.29 is 9.47 Å². The third-order valence-electron chi connectivity index (χ3n) is 4.03. The fourth-order valence-corrected chi connectivity index (χ4v) is 2.95. The second kappa shape index (κ2) is 8.53. The fraction of sp³-hybridized carbons (Fsp3) is 0.263. The quantitative estimate of drug-likeness (QED) is 0.491. The van der Waals surface area contributed by atoms with Gasteiger partial charge in [-0.05, 0) is 42.9 Å². The van der Waals surface area contributed by atoms with Gasteiger partial charge in [0.1, 0.15) is 0 Å². The van der Waals surface area contributed by atoms with E-state index in [4.69, 9.17) is 21.7 Å². The number of nitrogens with zero attached hydrogens (tertiary/aromatic N) is 2. The molecule has 0 spiro atoms. The fourth-order valence-electron chi connectivity index (χ4n) is 2.73. The van der Waals surface area contributed by atoms with Crippen LogP contribution >= 0.6 is 12.2 Å². The van der Waals surface area contributed by atoms with Crippen molar-refractivity contribution in [2.75, 3.05) is 26.1 Å². The first-order chi connectivity index (χ1) is 12.7. The summed E-state index contributed by atoms with van der Waals surface area (Å²) in [6.07, 6.45) is 2.82. The van der Waals surface area contributed by atoms with Crippen LogP contribution in [0.25, 0.3) is 11.0 Å². The lowest BCUT2D eigenvalue weighted by Crippen LogP contribution is -2.29. The van der Waals surface area contributed by atoms with Gasteiger partial charge >= 0.3 is 0 Å². The van der Waals surface area contributed by atoms with Crippen LogP contribution in [0.2, 0.25) is 0 Å². The minimum absolute atomic E-state index is 0.577. The van der Waals surface area contributed by atoms with Crippen molar-refractivity contribution in [3.05, 3.63) is 48.8 Å². The van der Waals surface area contributed by atoms with Gasteiger partial charge in [-0.15, -0.1) is 0 Å². The number of thiocarbonyl (C=S) groups is 1. The molecule has 2 aromatic carbocycles. The Morgan fingerprint density at radius 1 is 1.12 bits per heavy atom. The van der Waals surface area contributed by atoms with Crippen molar-refractivity contribution >= 4 is 34.1 Å². The zero-order valence-corrected chi connectivity index (χ0v) is 15.7. The van der Waals surface area contributed by atoms with Gasteiger partial charge in [-0.2, -0.15) is 0 Å². The number of aryl methyl sites for hydroxylation is 1. The number of benzene rings is 2. The van der Waals surface area contributed by atoms with Crippen molar-refractivity contribution in [3.8, 4) is 11.5 Å². The van der Waals surface area contributed by atoms with Crippen LogP contribution in [-0.2, 0) is 6.54 Å². The van der Waals surface area contributed by atoms with Crippen LogP contribution < -0.4 is 20.1 Å². The number of anilines is 1. The summed E-state index contributed by atoms with van der Waals surface area (Å²) >= 11 is 5.35. The molecule has 0 unspecified atom stereocenters. The van der Waals surface area contributed by atoms with Gasteiger partial charge in [0.25, 0.3) is 0 Å². The number of fused-ring (bicyclic) bond motifs is 1. The number of para-hydroxylation sites is 2. The van der Waals surface area contributed by atoms with Crippen molar-refractivity contribution in [1.29, 1.82) is 0 Å². The topological polar surface area (TPSA) is 60.3 Å². The molecule has 0 fully saturated rings. The summed E-state index contributed by atoms with van der Waals surface area (Å²) in [6, 6.07) is 13.7. The molecule has 0 aliphatic rings. The lowest BCUT2D eigenvalue weighted by molar-refractivity contribution is 0.355. The highest BCUT2D eigenvalue weighted by atomic mass is 32.1. The van der Waals surface area contributed by atoms with Crippen LogP contribution in [0.3, 0.4) is 0 Å². The first-order valence-electron chi connectivity index (χ1n) is 8.38. The predicted molar refractivity (Wildman–Crippen MR) is 108 cm³/mol. The molecule has 0 aliphatic carbocycles. The molecule has 0 radical (unpaired) electrons. The largest absolute Gasteiger partial charge is 0.493 e. The molecule has 0 saturated heterocycles. The third-order valence-corrected chi connectivity index (χ3v) is 4.28. The van der Waals surface area contributed by atoms with E-state index in [1.807, 2.05) is 42.7 Å². The second-order valence-electron chi connectivity index (χ2n) is 5.73. The maximum Gasteiger partial charge on any atom is 0.170 e. The molecule has 1 heterocycles. The SMILES string of the molecule is COc1ccc(NC(=S)NCCCn2cnc3ccccc32)cc1OC. The molecule has 2 N–H and O–H groups in total. The molecule has 136 valence electrons. The van der Waals surface area contributed by atoms with E-state index in [1.54, 1.807) is 14.2 Å². The van der Waals surface area contributed by atoms with Crippen LogP contribution in [0.5, 0.6) is 11.5 Å². The van der Waals surface area contributed by atoms with E-state index in [1.165, 1.54) is 0 Å². The van der Waals surface area contributed by atoms with E-state index in [2.05, 4.69) is 26.3 Å². The van der Waals surface area contributed by atoms with Gasteiger partial charge in [0.2, 0.25) is 0 Å². The van der Waals surface area contributed by atoms with Gasteiger partial charge in [-0.3, -0.25) is 0 Å². The molecule has 26 heavy (non-hydrogen) atoms. The van der Waals surface area contributed by atoms with Crippen molar-refractivity contribution in [1.82, 2.24) is 14.9 Å². The monoisotopic (exact) mass is 370 g/mol. The first-order valence-corrected chi connectivity index (χ1v) is 8.79. The average molecular weight is 370 g/mol. The highest BCUT2D eigenvalue weighted by Crippen LogP contribution is 2.29. The normalized spacial score (nSPS) is 10.5. The van der Waals surface area contributed by atoms with E-state index in [-0.39, 0.29) is 0 Å². The highest BCUT2D eigenvalue weighted by molar-refractivity contribution is 7.80. The molecule has 3 rings (SSSR count). The second-order valence-corrected chi connectivity index (χ2v) is 6.14. The summed E-state index contributed by atoms with van der Waals surface area (Å²) in [4.78, 5) is 4.40. The molecule has 0 atom stereocenters. The van der Waals surface area contributed by atoms with Gasteiger partial charge in [-0.1, -0.05) is 12.1 Å². The smallest absolute Gasteiger partial charge is 0.170 e. The molecular formula is C19H22N4O2S. The minimum atomic E-state index is 0.577. The number of ether oxygens (including phenoxy) is 2. The maximum atomic E-state index is 5.35. The van der Waals surface area contributed by atoms with E-state index in [9.17, 15) is 0 Å². The van der Waals surface area contributed by atoms with Crippen LogP contribution in [0.1, 0.15) is 6.42 Å². The molecule has 0 bridgehead atoms. The number of methoxy groups -OCH3 is 2. The van der Waals surface area contributed by atoms with E-state index in [0.717, 1.165) is 36.2 Å². The van der Waals surface area contributed by atoms with Gasteiger partial charge < -0.3 is 24.7 Å². The molecule has 1 aromatic heterocycles. The summed E-state index contributed by atoms with van der Waals surface area (Å²) in [5, 5.41) is 6.96. The van der Waals surface area contributed by atoms with Gasteiger partial charge in [0.05, 0.1) is 31.6 Å². The third kappa shape index (κ3) is 4.23. The Kier molecular flexibility index (Phi) is 5.91. The Morgan fingerprint density at radius 2 is 1.92 bits per heavy atom. The van der Waals surface area contributed by atoms with E-state index in [0.29, 0.717) is 16.6 Å². The predicted octanol–water partition coefficient (Wildman–Crippen LogP) is 3.43. The highest BCUT2D eigenvalue weighted by Gasteiger charge is 2.06. The van der Waals surface area contributed by atoms with Crippen LogP contribution in [0.15, 0.2) is 48.8 Å². The van der Waals surface area contributed by atoms with Gasteiger partial charge in [0.15, 0.2) is 16.6 Å². The number of hydrogen-bond acceptors (Lipinski definition) is 4. The average Bonchev–Trinajstić information content (AvgIpc) is 3.08. The first kappa shape index (κ1) is 18.0. The Balaban J connectivity index is 1.47. The van der Waals surface area contributed by atoms with Crippen molar-refractivity contribution in [2.24, 2.45) is 0 Å². The Bertz CT molecular complexity index is 894. The number of rotatable bonds is 7. The zero-order chi connectivity index (χ0) is 18.4. The van der Waals surface area contributed by atoms with Crippen LogP contribution in [0, 0.1) is 0 Å². The Morgan fingerprint density at radius 3 is 2.73 bits per heavy atom. The van der Waals surface area contributed by atoms with E-state index < -0.39 is 0 Å². The summed E-state index contributed by atoms with van der Waals surface area (Å²) in [5.41, 5.74) is 3.02. The zero-order valence-electron chi connectivity index (χ0n) is 14.9. The van der Waals surface area contributed by atoms with Gasteiger partial charge in [0, 0.05) is 24.8 Å². The molecule has 0 amide bonds. The number of nitrogens with one attached hydrogen (secondary N) is 2. The molecular weight excluding hydrogens is 348 g/mol. The summed E-state index contributed by atoms with van der Waals surface area (Å²) in [6.45, 7) is 1.65. The number of hydrogen-bond donors (Lipinski definition) is 2. The number of imidazole rings is 1. The lowest BCUT2D eigenvalue weighted by Gasteiger charge is -2.13.